The number of anilines is 4. The molecule has 0 fully saturated rings. The zero-order chi connectivity index (χ0) is 27.5. The summed E-state index contributed by atoms with van der Waals surface area (Å²) in [4.78, 5) is 26.4. The van der Waals surface area contributed by atoms with E-state index in [1.54, 1.807) is 25.5 Å². The van der Waals surface area contributed by atoms with Gasteiger partial charge in [-0.1, -0.05) is 42.6 Å². The Labute approximate surface area is 238 Å². The lowest BCUT2D eigenvalue weighted by atomic mass is 10.2. The fourth-order valence-electron chi connectivity index (χ4n) is 3.47. The van der Waals surface area contributed by atoms with E-state index in [1.807, 2.05) is 12.1 Å². The number of unbranched alkanes of at least 4 members (excludes halogenated alkanes) is 2. The highest BCUT2D eigenvalue weighted by Crippen LogP contribution is 2.31. The van der Waals surface area contributed by atoms with Crippen LogP contribution in [0.15, 0.2) is 50.4 Å². The predicted molar refractivity (Wildman–Crippen MR) is 158 cm³/mol. The van der Waals surface area contributed by atoms with Gasteiger partial charge in [0.15, 0.2) is 0 Å². The van der Waals surface area contributed by atoms with Gasteiger partial charge in [-0.3, -0.25) is 10.1 Å². The van der Waals surface area contributed by atoms with E-state index in [9.17, 15) is 10.1 Å². The van der Waals surface area contributed by atoms with Gasteiger partial charge in [0.2, 0.25) is 17.8 Å². The van der Waals surface area contributed by atoms with Crippen LogP contribution in [-0.2, 0) is 0 Å². The molecular weight excluding hydrogens is 620 g/mol. The van der Waals surface area contributed by atoms with Crippen LogP contribution in [0.1, 0.15) is 45.1 Å². The van der Waals surface area contributed by atoms with Crippen molar-refractivity contribution >= 4 is 67.3 Å². The highest BCUT2D eigenvalue weighted by Gasteiger charge is 2.14. The Balaban J connectivity index is 1.93. The Morgan fingerprint density at radius 3 is 2.32 bits per heavy atom. The van der Waals surface area contributed by atoms with Gasteiger partial charge < -0.3 is 15.0 Å². The van der Waals surface area contributed by atoms with E-state index in [0.29, 0.717) is 23.3 Å². The summed E-state index contributed by atoms with van der Waals surface area (Å²) >= 11 is 6.98. The van der Waals surface area contributed by atoms with E-state index in [2.05, 4.69) is 81.4 Å². The van der Waals surface area contributed by atoms with Gasteiger partial charge >= 0.3 is 0 Å². The average Bonchev–Trinajstić information content (AvgIpc) is 2.89. The van der Waals surface area contributed by atoms with Gasteiger partial charge in [-0.25, -0.2) is 5.43 Å². The van der Waals surface area contributed by atoms with Gasteiger partial charge in [-0.15, -0.1) is 0 Å². The first-order valence-corrected chi connectivity index (χ1v) is 13.8. The molecule has 0 amide bonds. The van der Waals surface area contributed by atoms with Crippen LogP contribution in [-0.4, -0.2) is 46.3 Å². The number of hydrogen-bond donors (Lipinski definition) is 2. The summed E-state index contributed by atoms with van der Waals surface area (Å²) in [5.74, 6) is 1.71. The molecule has 0 aliphatic heterocycles. The third-order valence-corrected chi connectivity index (χ3v) is 6.46. The molecule has 1 heterocycles. The van der Waals surface area contributed by atoms with Crippen molar-refractivity contribution in [2.75, 3.05) is 35.8 Å². The molecule has 0 saturated carbocycles. The number of rotatable bonds is 14. The molecule has 0 spiro atoms. The molecule has 0 aliphatic carbocycles. The molecule has 11 nitrogen and oxygen atoms in total. The molecule has 0 aliphatic rings. The Kier molecular flexibility index (Phi) is 11.2. The third-order valence-electron chi connectivity index (χ3n) is 5.41. The van der Waals surface area contributed by atoms with Crippen molar-refractivity contribution in [3.63, 3.8) is 0 Å². The van der Waals surface area contributed by atoms with Crippen LogP contribution in [0.2, 0.25) is 0 Å². The SMILES string of the molecule is CCCCN(CCCC)c1nc(N/N=C/c2cc(Br)cc(Br)c2OC)nc(Nc2ccc([N+](=O)[O-])cc2)n1. The molecule has 0 atom stereocenters. The average molecular weight is 650 g/mol. The molecular formula is C25H30Br2N8O3. The van der Waals surface area contributed by atoms with Gasteiger partial charge in [-0.05, 0) is 53.0 Å². The van der Waals surface area contributed by atoms with Crippen molar-refractivity contribution < 1.29 is 9.66 Å². The summed E-state index contributed by atoms with van der Waals surface area (Å²) in [6.07, 6.45) is 5.70. The van der Waals surface area contributed by atoms with Crippen LogP contribution < -0.4 is 20.4 Å². The van der Waals surface area contributed by atoms with Gasteiger partial charge in [0.05, 0.1) is 22.7 Å². The number of non-ortho nitro benzene ring substituents is 1. The van der Waals surface area contributed by atoms with E-state index in [-0.39, 0.29) is 11.6 Å². The molecule has 2 aromatic carbocycles. The summed E-state index contributed by atoms with van der Waals surface area (Å²) in [5.41, 5.74) is 4.26. The molecule has 0 bridgehead atoms. The fraction of sp³-hybridized carbons (Fsp3) is 0.360. The largest absolute Gasteiger partial charge is 0.495 e. The summed E-state index contributed by atoms with van der Waals surface area (Å²) in [5, 5.41) is 18.5. The normalized spacial score (nSPS) is 11.0. The highest BCUT2D eigenvalue weighted by atomic mass is 79.9. The zero-order valence-corrected chi connectivity index (χ0v) is 24.6. The molecule has 0 radical (unpaired) electrons. The second kappa shape index (κ2) is 14.6. The third kappa shape index (κ3) is 8.35. The minimum Gasteiger partial charge on any atom is -0.495 e. The smallest absolute Gasteiger partial charge is 0.269 e. The second-order valence-corrected chi connectivity index (χ2v) is 10.1. The molecule has 13 heteroatoms. The molecule has 3 aromatic rings. The van der Waals surface area contributed by atoms with E-state index in [1.165, 1.54) is 12.1 Å². The molecule has 38 heavy (non-hydrogen) atoms. The number of nitrogens with one attached hydrogen (secondary N) is 2. The lowest BCUT2D eigenvalue weighted by molar-refractivity contribution is -0.384. The number of ether oxygens (including phenoxy) is 1. The van der Waals surface area contributed by atoms with Crippen LogP contribution >= 0.6 is 31.9 Å². The first-order valence-electron chi connectivity index (χ1n) is 12.2. The molecule has 0 unspecified atom stereocenters. The monoisotopic (exact) mass is 648 g/mol. The van der Waals surface area contributed by atoms with Crippen LogP contribution in [0.5, 0.6) is 5.75 Å². The molecule has 202 valence electrons. The quantitative estimate of drug-likeness (QED) is 0.109. The minimum absolute atomic E-state index is 0.00324. The Hall–Kier alpha value is -3.32. The molecule has 2 N–H and O–H groups in total. The number of methoxy groups -OCH3 is 1. The lowest BCUT2D eigenvalue weighted by Gasteiger charge is -2.23. The van der Waals surface area contributed by atoms with E-state index < -0.39 is 4.92 Å². The van der Waals surface area contributed by atoms with Crippen molar-refractivity contribution in [1.29, 1.82) is 0 Å². The Morgan fingerprint density at radius 2 is 1.71 bits per heavy atom. The number of aromatic nitrogens is 3. The lowest BCUT2D eigenvalue weighted by Crippen LogP contribution is -2.28. The summed E-state index contributed by atoms with van der Waals surface area (Å²) in [7, 11) is 1.59. The first-order chi connectivity index (χ1) is 18.3. The van der Waals surface area contributed by atoms with E-state index in [4.69, 9.17) is 4.74 Å². The van der Waals surface area contributed by atoms with E-state index >= 15 is 0 Å². The summed E-state index contributed by atoms with van der Waals surface area (Å²) in [6, 6.07) is 9.83. The second-order valence-electron chi connectivity index (χ2n) is 8.29. The number of benzene rings is 2. The van der Waals surface area contributed by atoms with Crippen molar-refractivity contribution in [3.8, 4) is 5.75 Å². The number of nitro groups is 1. The summed E-state index contributed by atoms with van der Waals surface area (Å²) < 4.78 is 7.14. The van der Waals surface area contributed by atoms with Crippen molar-refractivity contribution in [1.82, 2.24) is 15.0 Å². The number of hydrazone groups is 1. The van der Waals surface area contributed by atoms with Gasteiger partial charge in [0.1, 0.15) is 5.75 Å². The minimum atomic E-state index is -0.441. The van der Waals surface area contributed by atoms with Crippen molar-refractivity contribution in [2.24, 2.45) is 5.10 Å². The van der Waals surface area contributed by atoms with Gasteiger partial charge in [0, 0.05) is 40.9 Å². The number of nitro benzene ring substituents is 1. The Bertz CT molecular complexity index is 1250. The van der Waals surface area contributed by atoms with Crippen LogP contribution in [0.3, 0.4) is 0 Å². The maximum Gasteiger partial charge on any atom is 0.269 e. The highest BCUT2D eigenvalue weighted by molar-refractivity contribution is 9.11. The van der Waals surface area contributed by atoms with Crippen LogP contribution in [0, 0.1) is 10.1 Å². The van der Waals surface area contributed by atoms with Crippen LogP contribution in [0.25, 0.3) is 0 Å². The zero-order valence-electron chi connectivity index (χ0n) is 21.4. The standard InChI is InChI=1S/C25H30Br2N8O3/c1-4-6-12-34(13-7-5-2)25-31-23(29-19-8-10-20(11-9-19)35(36)37)30-24(32-25)33-28-16-17-14-18(26)15-21(27)22(17)38-3/h8-11,14-16H,4-7,12-13H2,1-3H3,(H2,29,30,31,32,33)/b28-16+. The first kappa shape index (κ1) is 29.2. The molecule has 1 aromatic heterocycles. The maximum atomic E-state index is 11.0. The van der Waals surface area contributed by atoms with Crippen molar-refractivity contribution in [2.45, 2.75) is 39.5 Å². The van der Waals surface area contributed by atoms with Gasteiger partial charge in [0.25, 0.3) is 5.69 Å². The van der Waals surface area contributed by atoms with Crippen LogP contribution in [0.4, 0.5) is 29.2 Å². The number of hydrogen-bond acceptors (Lipinski definition) is 10. The molecule has 3 rings (SSSR count). The number of halogens is 2. The number of nitrogens with zero attached hydrogens (tertiary/aromatic N) is 6. The van der Waals surface area contributed by atoms with Gasteiger partial charge in [-0.2, -0.15) is 20.1 Å². The van der Waals surface area contributed by atoms with E-state index in [0.717, 1.165) is 53.3 Å². The van der Waals surface area contributed by atoms with Crippen molar-refractivity contribution in [3.05, 3.63) is 61.0 Å². The molecule has 0 saturated heterocycles. The maximum absolute atomic E-state index is 11.0. The predicted octanol–water partition coefficient (Wildman–Crippen LogP) is 6.91. The summed E-state index contributed by atoms with van der Waals surface area (Å²) in [6.45, 7) is 5.90. The Morgan fingerprint density at radius 1 is 1.05 bits per heavy atom. The topological polar surface area (TPSA) is 131 Å². The fourth-order valence-corrected chi connectivity index (χ4v) is 4.89.